The molecule has 1 amide bonds. The average Bonchev–Trinajstić information content (AvgIpc) is 3.42. The Morgan fingerprint density at radius 2 is 2.03 bits per heavy atom. The fourth-order valence-corrected chi connectivity index (χ4v) is 9.82. The van der Waals surface area contributed by atoms with Gasteiger partial charge in [0.1, 0.15) is 6.04 Å². The van der Waals surface area contributed by atoms with Crippen molar-refractivity contribution in [3.05, 3.63) is 12.2 Å². The molecule has 0 aromatic heterocycles. The summed E-state index contributed by atoms with van der Waals surface area (Å²) in [7, 11) is 1.35. The summed E-state index contributed by atoms with van der Waals surface area (Å²) >= 11 is 0. The van der Waals surface area contributed by atoms with Gasteiger partial charge in [0.05, 0.1) is 18.2 Å². The molecule has 1 N–H and O–H groups in total. The monoisotopic (exact) mass is 461 g/mol. The number of likely N-dealkylation sites (tertiary alicyclic amines) is 1. The first-order chi connectivity index (χ1) is 15.0. The molecule has 6 unspecified atom stereocenters. The van der Waals surface area contributed by atoms with Gasteiger partial charge in [0.25, 0.3) is 10.2 Å². The highest BCUT2D eigenvalue weighted by atomic mass is 32.2. The van der Waals surface area contributed by atoms with Gasteiger partial charge in [-0.05, 0) is 68.6 Å². The highest BCUT2D eigenvalue weighted by Crippen LogP contribution is 2.77. The van der Waals surface area contributed by atoms with Crippen LogP contribution in [0.15, 0.2) is 12.2 Å². The summed E-state index contributed by atoms with van der Waals surface area (Å²) < 4.78 is 29.4. The largest absolute Gasteiger partial charge is 0.326 e. The number of hydrogen-bond acceptors (Lipinski definition) is 5. The van der Waals surface area contributed by atoms with Gasteiger partial charge in [-0.15, -0.1) is 0 Å². The SMILES string of the molecule is C=C1CC2CC3(NCC(=O)N4CCCC4C#N)CC4CC2(C3)C1(N(C)S(=O)(=O)N(C)C)C4. The number of nitrogens with one attached hydrogen (secondary N) is 1. The Hall–Kier alpha value is -1.47. The first-order valence-electron chi connectivity index (χ1n) is 11.8. The molecule has 176 valence electrons. The Labute approximate surface area is 191 Å². The maximum atomic E-state index is 13.2. The standard InChI is InChI=1S/C23H35N5O3S/c1-16-8-18-12-21(25-14-20(29)28-7-5-6-19(28)13-24)9-17-10-22(18,15-21)23(16,11-17)27(4)32(30,31)26(2)3/h17-19,25H,1,5-12,14-15H2,2-4H3. The number of nitrogens with zero attached hydrogens (tertiary/aromatic N) is 4. The predicted octanol–water partition coefficient (Wildman–Crippen LogP) is 1.48. The number of carbonyl (C=O) groups is 1. The molecule has 3 bridgehead atoms. The summed E-state index contributed by atoms with van der Waals surface area (Å²) in [6, 6.07) is 1.96. The van der Waals surface area contributed by atoms with Crippen molar-refractivity contribution in [2.75, 3.05) is 34.2 Å². The first kappa shape index (κ1) is 22.3. The minimum Gasteiger partial charge on any atom is -0.326 e. The normalized spacial score (nSPS) is 42.3. The molecule has 1 aliphatic heterocycles. The molecular formula is C23H35N5O3S. The van der Waals surface area contributed by atoms with Crippen LogP contribution in [0.2, 0.25) is 0 Å². The van der Waals surface area contributed by atoms with E-state index in [0.29, 0.717) is 18.4 Å². The summed E-state index contributed by atoms with van der Waals surface area (Å²) in [6.45, 7) is 5.34. The van der Waals surface area contributed by atoms with E-state index in [-0.39, 0.29) is 29.4 Å². The smallest absolute Gasteiger partial charge is 0.282 e. The highest BCUT2D eigenvalue weighted by molar-refractivity contribution is 7.86. The summed E-state index contributed by atoms with van der Waals surface area (Å²) in [5, 5.41) is 13.0. The zero-order chi connectivity index (χ0) is 23.1. The van der Waals surface area contributed by atoms with E-state index in [2.05, 4.69) is 18.0 Å². The number of nitriles is 1. The fourth-order valence-electron chi connectivity index (χ4n) is 8.55. The van der Waals surface area contributed by atoms with E-state index in [1.165, 1.54) is 4.31 Å². The van der Waals surface area contributed by atoms with Gasteiger partial charge in [0, 0.05) is 33.2 Å². The van der Waals surface area contributed by atoms with E-state index >= 15 is 0 Å². The molecule has 5 rings (SSSR count). The lowest BCUT2D eigenvalue weighted by atomic mass is 9.67. The zero-order valence-corrected chi connectivity index (χ0v) is 20.2. The number of hydrogen-bond donors (Lipinski definition) is 1. The van der Waals surface area contributed by atoms with Crippen LogP contribution in [0.1, 0.15) is 51.4 Å². The second-order valence-corrected chi connectivity index (χ2v) is 13.3. The Morgan fingerprint density at radius 1 is 1.28 bits per heavy atom. The molecule has 0 aromatic rings. The van der Waals surface area contributed by atoms with Gasteiger partial charge >= 0.3 is 0 Å². The lowest BCUT2D eigenvalue weighted by Gasteiger charge is -2.48. The summed E-state index contributed by atoms with van der Waals surface area (Å²) in [6.07, 6.45) is 7.22. The minimum absolute atomic E-state index is 0.0129. The van der Waals surface area contributed by atoms with Crippen LogP contribution in [0.25, 0.3) is 0 Å². The quantitative estimate of drug-likeness (QED) is 0.605. The van der Waals surface area contributed by atoms with Gasteiger partial charge in [-0.1, -0.05) is 12.2 Å². The van der Waals surface area contributed by atoms with Crippen LogP contribution in [-0.2, 0) is 15.0 Å². The molecule has 1 heterocycles. The summed E-state index contributed by atoms with van der Waals surface area (Å²) in [5.74, 6) is 0.828. The number of rotatable bonds is 6. The van der Waals surface area contributed by atoms with E-state index in [0.717, 1.165) is 56.9 Å². The number of amides is 1. The van der Waals surface area contributed by atoms with Gasteiger partial charge in [0.15, 0.2) is 0 Å². The zero-order valence-electron chi connectivity index (χ0n) is 19.4. The summed E-state index contributed by atoms with van der Waals surface area (Å²) in [4.78, 5) is 14.6. The molecule has 6 atom stereocenters. The van der Waals surface area contributed by atoms with Gasteiger partial charge in [-0.25, -0.2) is 0 Å². The highest BCUT2D eigenvalue weighted by Gasteiger charge is 2.77. The third-order valence-electron chi connectivity index (χ3n) is 9.57. The van der Waals surface area contributed by atoms with Crippen LogP contribution < -0.4 is 5.32 Å². The molecule has 0 aromatic carbocycles. The van der Waals surface area contributed by atoms with Crippen LogP contribution in [-0.4, -0.2) is 79.2 Å². The van der Waals surface area contributed by atoms with E-state index in [1.54, 1.807) is 30.3 Å². The van der Waals surface area contributed by atoms with Crippen molar-refractivity contribution in [3.63, 3.8) is 0 Å². The maximum absolute atomic E-state index is 13.2. The Kier molecular flexibility index (Phi) is 4.90. The molecule has 4 aliphatic carbocycles. The van der Waals surface area contributed by atoms with Gasteiger partial charge in [-0.3, -0.25) is 4.79 Å². The molecular weight excluding hydrogens is 426 g/mol. The average molecular weight is 462 g/mol. The molecule has 32 heavy (non-hydrogen) atoms. The molecule has 0 radical (unpaired) electrons. The van der Waals surface area contributed by atoms with E-state index in [1.807, 2.05) is 0 Å². The second kappa shape index (κ2) is 7.02. The van der Waals surface area contributed by atoms with E-state index < -0.39 is 15.7 Å². The van der Waals surface area contributed by atoms with Crippen molar-refractivity contribution in [1.82, 2.24) is 18.8 Å². The molecule has 8 nitrogen and oxygen atoms in total. The Balaban J connectivity index is 1.41. The third-order valence-corrected chi connectivity index (χ3v) is 11.5. The van der Waals surface area contributed by atoms with Crippen molar-refractivity contribution in [1.29, 1.82) is 5.26 Å². The van der Waals surface area contributed by atoms with Crippen molar-refractivity contribution < 1.29 is 13.2 Å². The van der Waals surface area contributed by atoms with Crippen LogP contribution in [0.3, 0.4) is 0 Å². The van der Waals surface area contributed by atoms with Crippen molar-refractivity contribution in [3.8, 4) is 6.07 Å². The Morgan fingerprint density at radius 3 is 2.72 bits per heavy atom. The molecule has 4 saturated carbocycles. The van der Waals surface area contributed by atoms with Crippen molar-refractivity contribution in [2.45, 2.75) is 68.5 Å². The van der Waals surface area contributed by atoms with Gasteiger partial charge in [0.2, 0.25) is 5.91 Å². The van der Waals surface area contributed by atoms with E-state index in [9.17, 15) is 18.5 Å². The van der Waals surface area contributed by atoms with E-state index in [4.69, 9.17) is 0 Å². The Bertz CT molecular complexity index is 1010. The minimum atomic E-state index is -3.58. The van der Waals surface area contributed by atoms with Crippen molar-refractivity contribution in [2.24, 2.45) is 17.3 Å². The van der Waals surface area contributed by atoms with Crippen LogP contribution in [0.4, 0.5) is 0 Å². The van der Waals surface area contributed by atoms with Gasteiger partial charge < -0.3 is 10.2 Å². The van der Waals surface area contributed by atoms with Gasteiger partial charge in [-0.2, -0.15) is 22.3 Å². The lowest BCUT2D eigenvalue weighted by Crippen LogP contribution is -2.59. The maximum Gasteiger partial charge on any atom is 0.282 e. The molecule has 1 spiro atoms. The summed E-state index contributed by atoms with van der Waals surface area (Å²) in [5.41, 5.74) is 0.300. The first-order valence-corrected chi connectivity index (χ1v) is 13.2. The number of likely N-dealkylation sites (N-methyl/N-ethyl adjacent to an activating group) is 1. The number of carbonyl (C=O) groups excluding carboxylic acids is 1. The van der Waals surface area contributed by atoms with Crippen LogP contribution in [0.5, 0.6) is 0 Å². The predicted molar refractivity (Wildman–Crippen MR) is 120 cm³/mol. The van der Waals surface area contributed by atoms with Crippen molar-refractivity contribution >= 4 is 16.1 Å². The fraction of sp³-hybridized carbons (Fsp3) is 0.826. The number of fused-ring (bicyclic) bond motifs is 2. The molecule has 5 aliphatic rings. The third kappa shape index (κ3) is 2.70. The second-order valence-electron chi connectivity index (χ2n) is 11.1. The van der Waals surface area contributed by atoms with Crippen LogP contribution >= 0.6 is 0 Å². The topological polar surface area (TPSA) is 96.7 Å². The molecule has 1 saturated heterocycles. The molecule has 9 heteroatoms. The lowest BCUT2D eigenvalue weighted by molar-refractivity contribution is -0.130. The van der Waals surface area contributed by atoms with Crippen LogP contribution in [0, 0.1) is 28.6 Å². The molecule has 5 fully saturated rings.